The van der Waals surface area contributed by atoms with Crippen molar-refractivity contribution in [3.8, 4) is 0 Å². The summed E-state index contributed by atoms with van der Waals surface area (Å²) in [5, 5.41) is 0. The second-order valence-electron chi connectivity index (χ2n) is 3.37. The summed E-state index contributed by atoms with van der Waals surface area (Å²) in [7, 11) is 0. The van der Waals surface area contributed by atoms with Crippen molar-refractivity contribution < 1.29 is 8.78 Å². The number of rotatable bonds is 0. The maximum absolute atomic E-state index is 13.1. The van der Waals surface area contributed by atoms with Crippen LogP contribution in [0.15, 0.2) is 18.2 Å². The molecule has 0 saturated carbocycles. The number of hydrogen-bond acceptors (Lipinski definition) is 0. The van der Waals surface area contributed by atoms with E-state index in [0.29, 0.717) is 6.42 Å². The van der Waals surface area contributed by atoms with Crippen molar-refractivity contribution in [2.75, 3.05) is 0 Å². The zero-order chi connectivity index (χ0) is 8.77. The molecule has 12 heavy (non-hydrogen) atoms. The Hall–Kier alpha value is -0.920. The normalized spacial score (nSPS) is 19.2. The minimum atomic E-state index is -2.58. The fourth-order valence-corrected chi connectivity index (χ4v) is 1.71. The Morgan fingerprint density at radius 1 is 1.33 bits per heavy atom. The minimum Gasteiger partial charge on any atom is -0.201 e. The largest absolute Gasteiger partial charge is 0.273 e. The third kappa shape index (κ3) is 1.02. The summed E-state index contributed by atoms with van der Waals surface area (Å²) in [6.07, 6.45) is 0.496. The number of hydrogen-bond donors (Lipinski definition) is 0. The molecular formula is C10H10F2. The summed E-state index contributed by atoms with van der Waals surface area (Å²) < 4.78 is 26.1. The van der Waals surface area contributed by atoms with Gasteiger partial charge in [-0.3, -0.25) is 0 Å². The van der Waals surface area contributed by atoms with Crippen molar-refractivity contribution in [1.82, 2.24) is 0 Å². The SMILES string of the molecule is Cc1ccc2c(c1)CCC2(F)F. The van der Waals surface area contributed by atoms with Crippen molar-refractivity contribution in [2.45, 2.75) is 25.7 Å². The summed E-state index contributed by atoms with van der Waals surface area (Å²) in [6.45, 7) is 1.93. The Labute approximate surface area is 70.2 Å². The van der Waals surface area contributed by atoms with Gasteiger partial charge in [0.2, 0.25) is 0 Å². The van der Waals surface area contributed by atoms with Crippen molar-refractivity contribution in [3.05, 3.63) is 34.9 Å². The summed E-state index contributed by atoms with van der Waals surface area (Å²) >= 11 is 0. The first-order chi connectivity index (χ1) is 5.59. The van der Waals surface area contributed by atoms with Gasteiger partial charge in [-0.25, -0.2) is 8.78 Å². The van der Waals surface area contributed by atoms with Gasteiger partial charge in [0.1, 0.15) is 0 Å². The van der Waals surface area contributed by atoms with Gasteiger partial charge in [-0.05, 0) is 18.9 Å². The van der Waals surface area contributed by atoms with Crippen LogP contribution in [0.1, 0.15) is 23.1 Å². The first-order valence-electron chi connectivity index (χ1n) is 4.07. The van der Waals surface area contributed by atoms with Crippen LogP contribution in [0.5, 0.6) is 0 Å². The molecule has 0 bridgehead atoms. The van der Waals surface area contributed by atoms with E-state index in [1.54, 1.807) is 12.1 Å². The molecule has 1 aliphatic carbocycles. The standard InChI is InChI=1S/C10H10F2/c1-7-2-3-9-8(6-7)4-5-10(9,11)12/h2-3,6H,4-5H2,1H3. The number of alkyl halides is 2. The van der Waals surface area contributed by atoms with Gasteiger partial charge in [-0.2, -0.15) is 0 Å². The molecule has 0 radical (unpaired) electrons. The Bertz CT molecular complexity index is 316. The molecule has 0 N–H and O–H groups in total. The van der Waals surface area contributed by atoms with E-state index >= 15 is 0 Å². The molecule has 0 aliphatic heterocycles. The van der Waals surface area contributed by atoms with Crippen LogP contribution in [0.3, 0.4) is 0 Å². The average molecular weight is 168 g/mol. The highest BCUT2D eigenvalue weighted by atomic mass is 19.3. The molecule has 2 rings (SSSR count). The van der Waals surface area contributed by atoms with Gasteiger partial charge in [0.25, 0.3) is 5.92 Å². The van der Waals surface area contributed by atoms with Crippen LogP contribution < -0.4 is 0 Å². The van der Waals surface area contributed by atoms with Crippen molar-refractivity contribution in [3.63, 3.8) is 0 Å². The van der Waals surface area contributed by atoms with E-state index in [-0.39, 0.29) is 12.0 Å². The molecule has 0 heterocycles. The van der Waals surface area contributed by atoms with Crippen LogP contribution in [0.2, 0.25) is 0 Å². The topological polar surface area (TPSA) is 0 Å². The highest BCUT2D eigenvalue weighted by Crippen LogP contribution is 2.41. The monoisotopic (exact) mass is 168 g/mol. The third-order valence-corrected chi connectivity index (χ3v) is 2.36. The number of benzene rings is 1. The van der Waals surface area contributed by atoms with Gasteiger partial charge in [-0.1, -0.05) is 23.8 Å². The molecular weight excluding hydrogens is 158 g/mol. The predicted octanol–water partition coefficient (Wildman–Crippen LogP) is 3.03. The van der Waals surface area contributed by atoms with Crippen molar-refractivity contribution in [2.24, 2.45) is 0 Å². The van der Waals surface area contributed by atoms with E-state index in [1.165, 1.54) is 0 Å². The Morgan fingerprint density at radius 3 is 2.83 bits per heavy atom. The molecule has 0 aromatic heterocycles. The molecule has 0 atom stereocenters. The second kappa shape index (κ2) is 2.28. The van der Waals surface area contributed by atoms with Crippen LogP contribution >= 0.6 is 0 Å². The van der Waals surface area contributed by atoms with Crippen LogP contribution in [0.4, 0.5) is 8.78 Å². The zero-order valence-electron chi connectivity index (χ0n) is 6.90. The summed E-state index contributed by atoms with van der Waals surface area (Å²) in [6, 6.07) is 5.16. The lowest BCUT2D eigenvalue weighted by atomic mass is 10.1. The maximum atomic E-state index is 13.1. The van der Waals surface area contributed by atoms with Crippen LogP contribution in [-0.4, -0.2) is 0 Å². The quantitative estimate of drug-likeness (QED) is 0.558. The highest BCUT2D eigenvalue weighted by molar-refractivity contribution is 5.38. The van der Waals surface area contributed by atoms with E-state index in [1.807, 2.05) is 13.0 Å². The fraction of sp³-hybridized carbons (Fsp3) is 0.400. The minimum absolute atomic E-state index is 0.0220. The van der Waals surface area contributed by atoms with E-state index < -0.39 is 5.92 Å². The maximum Gasteiger partial charge on any atom is 0.273 e. The smallest absolute Gasteiger partial charge is 0.201 e. The number of halogens is 2. The van der Waals surface area contributed by atoms with Gasteiger partial charge in [0.05, 0.1) is 0 Å². The molecule has 1 aliphatic rings. The Kier molecular flexibility index (Phi) is 1.47. The highest BCUT2D eigenvalue weighted by Gasteiger charge is 2.38. The van der Waals surface area contributed by atoms with Gasteiger partial charge >= 0.3 is 0 Å². The van der Waals surface area contributed by atoms with Gasteiger partial charge in [0, 0.05) is 12.0 Å². The molecule has 0 nitrogen and oxygen atoms in total. The Balaban J connectivity index is 2.55. The number of aryl methyl sites for hydroxylation is 2. The summed E-state index contributed by atoms with van der Waals surface area (Å²) in [4.78, 5) is 0. The van der Waals surface area contributed by atoms with Crippen LogP contribution in [0.25, 0.3) is 0 Å². The molecule has 64 valence electrons. The molecule has 1 aromatic rings. The molecule has 0 fully saturated rings. The molecule has 2 heteroatoms. The van der Waals surface area contributed by atoms with E-state index in [4.69, 9.17) is 0 Å². The molecule has 0 unspecified atom stereocenters. The lowest BCUT2D eigenvalue weighted by Crippen LogP contribution is -2.06. The van der Waals surface area contributed by atoms with Gasteiger partial charge in [0.15, 0.2) is 0 Å². The summed E-state index contributed by atoms with van der Waals surface area (Å²) in [5.74, 6) is -2.58. The second-order valence-corrected chi connectivity index (χ2v) is 3.37. The van der Waals surface area contributed by atoms with E-state index in [0.717, 1.165) is 11.1 Å². The first-order valence-corrected chi connectivity index (χ1v) is 4.07. The molecule has 0 amide bonds. The lowest BCUT2D eigenvalue weighted by Gasteiger charge is -2.09. The van der Waals surface area contributed by atoms with Crippen LogP contribution in [0, 0.1) is 6.92 Å². The fourth-order valence-electron chi connectivity index (χ4n) is 1.71. The summed E-state index contributed by atoms with van der Waals surface area (Å²) in [5.41, 5.74) is 2.11. The zero-order valence-corrected chi connectivity index (χ0v) is 6.90. The molecule has 0 spiro atoms. The first kappa shape index (κ1) is 7.71. The average Bonchev–Trinajstić information content (AvgIpc) is 2.27. The number of fused-ring (bicyclic) bond motifs is 1. The van der Waals surface area contributed by atoms with Gasteiger partial charge < -0.3 is 0 Å². The predicted molar refractivity (Wildman–Crippen MR) is 43.4 cm³/mol. The molecule has 1 aromatic carbocycles. The van der Waals surface area contributed by atoms with Gasteiger partial charge in [-0.15, -0.1) is 0 Å². The third-order valence-electron chi connectivity index (χ3n) is 2.36. The van der Waals surface area contributed by atoms with E-state index in [9.17, 15) is 8.78 Å². The van der Waals surface area contributed by atoms with E-state index in [2.05, 4.69) is 0 Å². The van der Waals surface area contributed by atoms with Crippen molar-refractivity contribution in [1.29, 1.82) is 0 Å². The van der Waals surface area contributed by atoms with Crippen molar-refractivity contribution >= 4 is 0 Å². The Morgan fingerprint density at radius 2 is 2.08 bits per heavy atom. The van der Waals surface area contributed by atoms with Crippen LogP contribution in [-0.2, 0) is 12.3 Å². The molecule has 0 saturated heterocycles. The lowest BCUT2D eigenvalue weighted by molar-refractivity contribution is -0.00183.